The van der Waals surface area contributed by atoms with Crippen LogP contribution in [0.1, 0.15) is 44.1 Å². The van der Waals surface area contributed by atoms with Gasteiger partial charge in [0, 0.05) is 19.5 Å². The zero-order chi connectivity index (χ0) is 14.7. The number of rotatable bonds is 4. The summed E-state index contributed by atoms with van der Waals surface area (Å²) in [5.74, 6) is 0.287. The van der Waals surface area contributed by atoms with Gasteiger partial charge in [-0.15, -0.1) is 0 Å². The van der Waals surface area contributed by atoms with Crippen molar-refractivity contribution >= 4 is 5.91 Å². The molecule has 1 atom stereocenters. The number of nitrogens with zero attached hydrogens (tertiary/aromatic N) is 1. The number of benzene rings is 1. The SMILES string of the molecule is O=C(CCCc1ccccc1)N1CCC2(CCC2O)CC1. The smallest absolute Gasteiger partial charge is 0.222 e. The minimum atomic E-state index is -0.118. The Hall–Kier alpha value is -1.35. The number of hydrogen-bond acceptors (Lipinski definition) is 2. The van der Waals surface area contributed by atoms with Gasteiger partial charge < -0.3 is 10.0 Å². The number of piperidine rings is 1. The molecule has 1 aromatic carbocycles. The second-order valence-electron chi connectivity index (χ2n) is 6.64. The normalized spacial score (nSPS) is 23.9. The molecule has 1 saturated carbocycles. The Bertz CT molecular complexity index is 477. The van der Waals surface area contributed by atoms with Crippen LogP contribution in [0, 0.1) is 5.41 Å². The third-order valence-electron chi connectivity index (χ3n) is 5.43. The monoisotopic (exact) mass is 287 g/mol. The van der Waals surface area contributed by atoms with E-state index < -0.39 is 0 Å². The molecular formula is C18H25NO2. The van der Waals surface area contributed by atoms with E-state index in [1.165, 1.54) is 5.56 Å². The van der Waals surface area contributed by atoms with Crippen LogP contribution in [0.5, 0.6) is 0 Å². The van der Waals surface area contributed by atoms with Crippen molar-refractivity contribution < 1.29 is 9.90 Å². The number of amides is 1. The van der Waals surface area contributed by atoms with Crippen molar-refractivity contribution in [3.05, 3.63) is 35.9 Å². The molecule has 0 radical (unpaired) electrons. The van der Waals surface area contributed by atoms with Crippen LogP contribution < -0.4 is 0 Å². The van der Waals surface area contributed by atoms with Gasteiger partial charge in [0.15, 0.2) is 0 Å². The van der Waals surface area contributed by atoms with Crippen LogP contribution in [0.2, 0.25) is 0 Å². The molecule has 0 bridgehead atoms. The number of aliphatic hydroxyl groups is 1. The molecule has 1 aromatic rings. The van der Waals surface area contributed by atoms with E-state index in [0.29, 0.717) is 6.42 Å². The summed E-state index contributed by atoms with van der Waals surface area (Å²) < 4.78 is 0. The third kappa shape index (κ3) is 3.13. The molecule has 1 saturated heterocycles. The van der Waals surface area contributed by atoms with Gasteiger partial charge >= 0.3 is 0 Å². The highest BCUT2D eigenvalue weighted by molar-refractivity contribution is 5.76. The lowest BCUT2D eigenvalue weighted by molar-refractivity contribution is -0.141. The molecule has 3 nitrogen and oxygen atoms in total. The van der Waals surface area contributed by atoms with E-state index in [0.717, 1.165) is 51.6 Å². The van der Waals surface area contributed by atoms with Crippen LogP contribution in [0.4, 0.5) is 0 Å². The highest BCUT2D eigenvalue weighted by atomic mass is 16.3. The summed E-state index contributed by atoms with van der Waals surface area (Å²) in [6.45, 7) is 1.67. The van der Waals surface area contributed by atoms with Gasteiger partial charge in [-0.25, -0.2) is 0 Å². The largest absolute Gasteiger partial charge is 0.393 e. The summed E-state index contributed by atoms with van der Waals surface area (Å²) in [6.07, 6.45) is 6.49. The predicted octanol–water partition coefficient (Wildman–Crippen LogP) is 2.77. The van der Waals surface area contributed by atoms with E-state index in [1.807, 2.05) is 23.1 Å². The predicted molar refractivity (Wildman–Crippen MR) is 82.9 cm³/mol. The van der Waals surface area contributed by atoms with Gasteiger partial charge in [0.1, 0.15) is 0 Å². The van der Waals surface area contributed by atoms with Crippen molar-refractivity contribution in [3.8, 4) is 0 Å². The molecule has 1 N–H and O–H groups in total. The molecule has 0 aromatic heterocycles. The average molecular weight is 287 g/mol. The summed E-state index contributed by atoms with van der Waals surface area (Å²) in [5, 5.41) is 9.91. The van der Waals surface area contributed by atoms with E-state index in [9.17, 15) is 9.90 Å². The molecule has 1 heterocycles. The van der Waals surface area contributed by atoms with Crippen LogP contribution in [0.25, 0.3) is 0 Å². The Morgan fingerprint density at radius 1 is 1.19 bits per heavy atom. The van der Waals surface area contributed by atoms with Crippen molar-refractivity contribution in [2.24, 2.45) is 5.41 Å². The number of aliphatic hydroxyl groups excluding tert-OH is 1. The van der Waals surface area contributed by atoms with Crippen molar-refractivity contribution in [1.29, 1.82) is 0 Å². The molecule has 1 amide bonds. The molecule has 2 fully saturated rings. The van der Waals surface area contributed by atoms with Gasteiger partial charge in [-0.3, -0.25) is 4.79 Å². The maximum Gasteiger partial charge on any atom is 0.222 e. The Balaban J connectivity index is 1.40. The van der Waals surface area contributed by atoms with Crippen molar-refractivity contribution in [2.45, 2.75) is 51.0 Å². The first-order chi connectivity index (χ1) is 10.2. The molecular weight excluding hydrogens is 262 g/mol. The standard InChI is InChI=1S/C18H25NO2/c20-16-9-10-18(16)11-13-19(14-12-18)17(21)8-4-7-15-5-2-1-3-6-15/h1-3,5-6,16,20H,4,7-14H2. The van der Waals surface area contributed by atoms with E-state index in [-0.39, 0.29) is 17.4 Å². The number of carbonyl (C=O) groups excluding carboxylic acids is 1. The summed E-state index contributed by atoms with van der Waals surface area (Å²) in [5.41, 5.74) is 1.46. The lowest BCUT2D eigenvalue weighted by Gasteiger charge is -2.51. The third-order valence-corrected chi connectivity index (χ3v) is 5.43. The first-order valence-corrected chi connectivity index (χ1v) is 8.19. The topological polar surface area (TPSA) is 40.5 Å². The van der Waals surface area contributed by atoms with Crippen LogP contribution in [0.15, 0.2) is 30.3 Å². The van der Waals surface area contributed by atoms with E-state index in [4.69, 9.17) is 0 Å². The zero-order valence-electron chi connectivity index (χ0n) is 12.6. The van der Waals surface area contributed by atoms with Crippen molar-refractivity contribution in [2.75, 3.05) is 13.1 Å². The van der Waals surface area contributed by atoms with Gasteiger partial charge in [-0.05, 0) is 49.5 Å². The number of carbonyl (C=O) groups is 1. The highest BCUT2D eigenvalue weighted by Crippen LogP contribution is 2.49. The fourth-order valence-electron chi connectivity index (χ4n) is 3.71. The maximum absolute atomic E-state index is 12.3. The molecule has 1 aliphatic heterocycles. The zero-order valence-corrected chi connectivity index (χ0v) is 12.6. The minimum absolute atomic E-state index is 0.118. The van der Waals surface area contributed by atoms with Gasteiger partial charge in [0.2, 0.25) is 5.91 Å². The highest BCUT2D eigenvalue weighted by Gasteiger charge is 2.47. The molecule has 1 unspecified atom stereocenters. The van der Waals surface area contributed by atoms with E-state index in [1.54, 1.807) is 0 Å². The first-order valence-electron chi connectivity index (χ1n) is 8.19. The molecule has 2 aliphatic rings. The van der Waals surface area contributed by atoms with Gasteiger partial charge in [-0.1, -0.05) is 30.3 Å². The summed E-state index contributed by atoms with van der Waals surface area (Å²) >= 11 is 0. The Morgan fingerprint density at radius 3 is 2.48 bits per heavy atom. The van der Waals surface area contributed by atoms with Crippen molar-refractivity contribution in [3.63, 3.8) is 0 Å². The number of likely N-dealkylation sites (tertiary alicyclic amines) is 1. The summed E-state index contributed by atoms with van der Waals surface area (Å²) in [7, 11) is 0. The van der Waals surface area contributed by atoms with Crippen LogP contribution in [-0.4, -0.2) is 35.1 Å². The molecule has 114 valence electrons. The van der Waals surface area contributed by atoms with Gasteiger partial charge in [0.25, 0.3) is 0 Å². The molecule has 1 spiro atoms. The lowest BCUT2D eigenvalue weighted by atomic mass is 9.61. The molecule has 21 heavy (non-hydrogen) atoms. The Morgan fingerprint density at radius 2 is 1.90 bits per heavy atom. The molecule has 3 rings (SSSR count). The van der Waals surface area contributed by atoms with E-state index >= 15 is 0 Å². The second-order valence-corrected chi connectivity index (χ2v) is 6.64. The fourth-order valence-corrected chi connectivity index (χ4v) is 3.71. The fraction of sp³-hybridized carbons (Fsp3) is 0.611. The van der Waals surface area contributed by atoms with Crippen molar-refractivity contribution in [1.82, 2.24) is 4.90 Å². The van der Waals surface area contributed by atoms with E-state index in [2.05, 4.69) is 12.1 Å². The van der Waals surface area contributed by atoms with Gasteiger partial charge in [-0.2, -0.15) is 0 Å². The Kier molecular flexibility index (Phi) is 4.29. The summed E-state index contributed by atoms with van der Waals surface area (Å²) in [4.78, 5) is 14.3. The maximum atomic E-state index is 12.3. The second kappa shape index (κ2) is 6.18. The quantitative estimate of drug-likeness (QED) is 0.925. The van der Waals surface area contributed by atoms with Crippen LogP contribution in [0.3, 0.4) is 0 Å². The van der Waals surface area contributed by atoms with Gasteiger partial charge in [0.05, 0.1) is 6.10 Å². The molecule has 1 aliphatic carbocycles. The molecule has 3 heteroatoms. The number of hydrogen-bond donors (Lipinski definition) is 1. The summed E-state index contributed by atoms with van der Waals surface area (Å²) in [6, 6.07) is 10.4. The Labute approximate surface area is 127 Å². The van der Waals surface area contributed by atoms with Crippen LogP contribution in [-0.2, 0) is 11.2 Å². The minimum Gasteiger partial charge on any atom is -0.393 e. The first kappa shape index (κ1) is 14.6. The van der Waals surface area contributed by atoms with Crippen LogP contribution >= 0.6 is 0 Å². The average Bonchev–Trinajstić information content (AvgIpc) is 2.54. The lowest BCUT2D eigenvalue weighted by Crippen LogP contribution is -2.53. The number of aryl methyl sites for hydroxylation is 1.